The van der Waals surface area contributed by atoms with Crippen molar-refractivity contribution in [3.05, 3.63) is 27.7 Å². The van der Waals surface area contributed by atoms with Crippen LogP contribution in [0.4, 0.5) is 0 Å². The normalized spacial score (nSPS) is 17.3. The topological polar surface area (TPSA) is 72.7 Å². The number of aromatic nitrogens is 4. The van der Waals surface area contributed by atoms with Crippen LogP contribution in [0.3, 0.4) is 0 Å². The number of thiazole rings is 1. The Labute approximate surface area is 134 Å². The molecule has 118 valence electrons. The summed E-state index contributed by atoms with van der Waals surface area (Å²) in [7, 11) is 0. The van der Waals surface area contributed by atoms with Gasteiger partial charge in [0.25, 0.3) is 0 Å². The lowest BCUT2D eigenvalue weighted by molar-refractivity contribution is -0.126. The monoisotopic (exact) mass is 319 g/mol. The van der Waals surface area contributed by atoms with E-state index in [1.807, 2.05) is 11.6 Å². The maximum absolute atomic E-state index is 12.2. The molecule has 0 aromatic carbocycles. The van der Waals surface area contributed by atoms with Crippen molar-refractivity contribution < 1.29 is 4.79 Å². The third-order valence-corrected chi connectivity index (χ3v) is 5.25. The highest BCUT2D eigenvalue weighted by Gasteiger charge is 2.25. The van der Waals surface area contributed by atoms with Crippen molar-refractivity contribution >= 4 is 17.2 Å². The molecule has 7 heteroatoms. The quantitative estimate of drug-likeness (QED) is 0.851. The molecule has 1 amide bonds. The summed E-state index contributed by atoms with van der Waals surface area (Å²) in [6, 6.07) is 0. The Morgan fingerprint density at radius 3 is 3.14 bits per heavy atom. The number of nitrogens with zero attached hydrogens (tertiary/aromatic N) is 4. The standard InChI is InChI=1S/C15H21N5OS/c1-10-11(2)22-14(19-10)4-3-7-16-15(21)12-5-6-13-17-9-18-20(13)8-12/h9,12H,3-8H2,1-2H3,(H,16,21). The molecule has 0 saturated carbocycles. The van der Waals surface area contributed by atoms with Gasteiger partial charge in [0.15, 0.2) is 0 Å². The van der Waals surface area contributed by atoms with Gasteiger partial charge in [0.2, 0.25) is 5.91 Å². The molecule has 0 spiro atoms. The lowest BCUT2D eigenvalue weighted by Gasteiger charge is -2.21. The van der Waals surface area contributed by atoms with E-state index >= 15 is 0 Å². The number of hydrogen-bond acceptors (Lipinski definition) is 5. The molecular formula is C15H21N5OS. The molecule has 3 heterocycles. The van der Waals surface area contributed by atoms with Crippen molar-refractivity contribution in [3.8, 4) is 0 Å². The SMILES string of the molecule is Cc1nc(CCCNC(=O)C2CCc3ncnn3C2)sc1C. The van der Waals surface area contributed by atoms with Crippen LogP contribution in [0, 0.1) is 19.8 Å². The van der Waals surface area contributed by atoms with Crippen LogP contribution >= 0.6 is 11.3 Å². The fourth-order valence-corrected chi connectivity index (χ4v) is 3.67. The number of carbonyl (C=O) groups excluding carboxylic acids is 1. The number of amides is 1. The second kappa shape index (κ2) is 6.56. The van der Waals surface area contributed by atoms with Gasteiger partial charge in [-0.2, -0.15) is 5.10 Å². The average Bonchev–Trinajstić information content (AvgIpc) is 3.09. The summed E-state index contributed by atoms with van der Waals surface area (Å²) in [5.74, 6) is 1.13. The number of aryl methyl sites for hydroxylation is 4. The number of rotatable bonds is 5. The van der Waals surface area contributed by atoms with Crippen LogP contribution in [-0.2, 0) is 24.2 Å². The summed E-state index contributed by atoms with van der Waals surface area (Å²) < 4.78 is 1.84. The van der Waals surface area contributed by atoms with Crippen molar-refractivity contribution in [2.45, 2.75) is 46.1 Å². The van der Waals surface area contributed by atoms with Gasteiger partial charge in [-0.15, -0.1) is 11.3 Å². The zero-order chi connectivity index (χ0) is 15.5. The molecule has 1 aliphatic rings. The maximum Gasteiger partial charge on any atom is 0.224 e. The Morgan fingerprint density at radius 2 is 2.36 bits per heavy atom. The summed E-state index contributed by atoms with van der Waals surface area (Å²) in [6.45, 7) is 5.49. The predicted molar refractivity (Wildman–Crippen MR) is 84.8 cm³/mol. The molecule has 1 N–H and O–H groups in total. The van der Waals surface area contributed by atoms with Crippen LogP contribution in [0.2, 0.25) is 0 Å². The molecule has 2 aromatic rings. The fourth-order valence-electron chi connectivity index (χ4n) is 2.69. The molecule has 0 fully saturated rings. The van der Waals surface area contributed by atoms with E-state index in [0.717, 1.165) is 42.2 Å². The maximum atomic E-state index is 12.2. The minimum absolute atomic E-state index is 0.0125. The second-order valence-electron chi connectivity index (χ2n) is 5.74. The number of hydrogen-bond donors (Lipinski definition) is 1. The smallest absolute Gasteiger partial charge is 0.224 e. The molecule has 0 aliphatic carbocycles. The minimum atomic E-state index is 0.0125. The van der Waals surface area contributed by atoms with Gasteiger partial charge in [-0.05, 0) is 26.7 Å². The van der Waals surface area contributed by atoms with E-state index in [4.69, 9.17) is 0 Å². The van der Waals surface area contributed by atoms with Crippen LogP contribution < -0.4 is 5.32 Å². The molecule has 6 nitrogen and oxygen atoms in total. The molecule has 0 radical (unpaired) electrons. The van der Waals surface area contributed by atoms with Gasteiger partial charge < -0.3 is 5.32 Å². The summed E-state index contributed by atoms with van der Waals surface area (Å²) in [5.41, 5.74) is 1.12. The largest absolute Gasteiger partial charge is 0.356 e. The molecule has 22 heavy (non-hydrogen) atoms. The first-order valence-electron chi connectivity index (χ1n) is 7.71. The van der Waals surface area contributed by atoms with Crippen molar-refractivity contribution in [2.75, 3.05) is 6.54 Å². The molecule has 3 rings (SSSR count). The van der Waals surface area contributed by atoms with E-state index < -0.39 is 0 Å². The summed E-state index contributed by atoms with van der Waals surface area (Å²) >= 11 is 1.75. The van der Waals surface area contributed by atoms with Crippen molar-refractivity contribution in [1.29, 1.82) is 0 Å². The Hall–Kier alpha value is -1.76. The first-order valence-corrected chi connectivity index (χ1v) is 8.52. The highest BCUT2D eigenvalue weighted by Crippen LogP contribution is 2.18. The molecule has 2 aromatic heterocycles. The van der Waals surface area contributed by atoms with Crippen LogP contribution in [0.5, 0.6) is 0 Å². The predicted octanol–water partition coefficient (Wildman–Crippen LogP) is 1.66. The third-order valence-electron chi connectivity index (χ3n) is 4.12. The van der Waals surface area contributed by atoms with Gasteiger partial charge in [-0.3, -0.25) is 4.79 Å². The molecule has 0 bridgehead atoms. The van der Waals surface area contributed by atoms with Gasteiger partial charge in [0, 0.05) is 24.3 Å². The molecule has 1 unspecified atom stereocenters. The van der Waals surface area contributed by atoms with Crippen molar-refractivity contribution in [1.82, 2.24) is 25.1 Å². The summed E-state index contributed by atoms with van der Waals surface area (Å²) in [4.78, 5) is 22.2. The van der Waals surface area contributed by atoms with Gasteiger partial charge in [-0.25, -0.2) is 14.6 Å². The van der Waals surface area contributed by atoms with E-state index in [-0.39, 0.29) is 11.8 Å². The van der Waals surface area contributed by atoms with Crippen LogP contribution in [0.25, 0.3) is 0 Å². The zero-order valence-electron chi connectivity index (χ0n) is 13.0. The van der Waals surface area contributed by atoms with Crippen LogP contribution in [0.1, 0.15) is 34.2 Å². The van der Waals surface area contributed by atoms with E-state index in [0.29, 0.717) is 13.1 Å². The average molecular weight is 319 g/mol. The lowest BCUT2D eigenvalue weighted by Crippen LogP contribution is -2.36. The van der Waals surface area contributed by atoms with Gasteiger partial charge in [-0.1, -0.05) is 0 Å². The minimum Gasteiger partial charge on any atom is -0.356 e. The first kappa shape index (κ1) is 15.1. The van der Waals surface area contributed by atoms with Gasteiger partial charge in [0.1, 0.15) is 12.2 Å². The highest BCUT2D eigenvalue weighted by atomic mass is 32.1. The zero-order valence-corrected chi connectivity index (χ0v) is 13.8. The van der Waals surface area contributed by atoms with Gasteiger partial charge >= 0.3 is 0 Å². The van der Waals surface area contributed by atoms with Crippen LogP contribution in [0.15, 0.2) is 6.33 Å². The Morgan fingerprint density at radius 1 is 1.50 bits per heavy atom. The second-order valence-corrected chi connectivity index (χ2v) is 7.03. The summed E-state index contributed by atoms with van der Waals surface area (Å²) in [5, 5.41) is 8.36. The Bertz CT molecular complexity index is 643. The van der Waals surface area contributed by atoms with Crippen molar-refractivity contribution in [2.24, 2.45) is 5.92 Å². The number of nitrogens with one attached hydrogen (secondary N) is 1. The van der Waals surface area contributed by atoms with E-state index in [1.54, 1.807) is 17.7 Å². The number of fused-ring (bicyclic) bond motifs is 1. The third kappa shape index (κ3) is 3.35. The summed E-state index contributed by atoms with van der Waals surface area (Å²) in [6.07, 6.45) is 5.11. The Kier molecular flexibility index (Phi) is 4.52. The van der Waals surface area contributed by atoms with E-state index in [9.17, 15) is 4.79 Å². The molecule has 1 aliphatic heterocycles. The lowest BCUT2D eigenvalue weighted by atomic mass is 9.99. The van der Waals surface area contributed by atoms with Crippen LogP contribution in [-0.4, -0.2) is 32.2 Å². The van der Waals surface area contributed by atoms with Crippen molar-refractivity contribution in [3.63, 3.8) is 0 Å². The molecular weight excluding hydrogens is 298 g/mol. The van der Waals surface area contributed by atoms with E-state index in [1.165, 1.54) is 4.88 Å². The Balaban J connectivity index is 1.41. The first-order chi connectivity index (χ1) is 10.6. The highest BCUT2D eigenvalue weighted by molar-refractivity contribution is 7.11. The molecule has 1 atom stereocenters. The van der Waals surface area contributed by atoms with Gasteiger partial charge in [0.05, 0.1) is 23.2 Å². The fraction of sp³-hybridized carbons (Fsp3) is 0.600. The number of carbonyl (C=O) groups is 1. The van der Waals surface area contributed by atoms with E-state index in [2.05, 4.69) is 27.3 Å². The molecule has 0 saturated heterocycles.